The predicted molar refractivity (Wildman–Crippen MR) is 70.9 cm³/mol. The molecule has 0 aliphatic carbocycles. The molecule has 0 fully saturated rings. The Morgan fingerprint density at radius 2 is 1.56 bits per heavy atom. The Morgan fingerprint density at radius 3 is 2.19 bits per heavy atom. The third-order valence-electron chi connectivity index (χ3n) is 3.13. The van der Waals surface area contributed by atoms with E-state index in [1.807, 2.05) is 6.07 Å². The molecule has 0 nitrogen and oxygen atoms in total. The zero-order valence-corrected chi connectivity index (χ0v) is 10.4. The lowest BCUT2D eigenvalue weighted by molar-refractivity contribution is 1.24. The number of halogens is 1. The van der Waals surface area contributed by atoms with Crippen LogP contribution >= 0.6 is 11.6 Å². The van der Waals surface area contributed by atoms with Crippen molar-refractivity contribution in [3.63, 3.8) is 0 Å². The van der Waals surface area contributed by atoms with Crippen LogP contribution < -0.4 is 0 Å². The van der Waals surface area contributed by atoms with E-state index in [4.69, 9.17) is 11.6 Å². The molecule has 0 heterocycles. The van der Waals surface area contributed by atoms with Crippen molar-refractivity contribution >= 4 is 11.6 Å². The van der Waals surface area contributed by atoms with E-state index in [2.05, 4.69) is 50.2 Å². The maximum atomic E-state index is 5.90. The molecule has 0 bridgehead atoms. The monoisotopic (exact) mass is 230 g/mol. The standard InChI is InChI=1S/C15H15Cl/c1-11-12(2)15(9-8-14(11)10-16)13-6-4-3-5-7-13/h3-9H,10H2,1-2H3. The fraction of sp³-hybridized carbons (Fsp3) is 0.200. The number of hydrogen-bond donors (Lipinski definition) is 0. The summed E-state index contributed by atoms with van der Waals surface area (Å²) >= 11 is 5.90. The van der Waals surface area contributed by atoms with E-state index in [1.54, 1.807) is 0 Å². The number of alkyl halides is 1. The molecule has 0 aromatic heterocycles. The topological polar surface area (TPSA) is 0 Å². The fourth-order valence-corrected chi connectivity index (χ4v) is 2.24. The van der Waals surface area contributed by atoms with Crippen LogP contribution in [0.1, 0.15) is 16.7 Å². The van der Waals surface area contributed by atoms with Gasteiger partial charge in [0, 0.05) is 5.88 Å². The van der Waals surface area contributed by atoms with Gasteiger partial charge in [0.15, 0.2) is 0 Å². The molecule has 0 amide bonds. The molecular weight excluding hydrogens is 216 g/mol. The summed E-state index contributed by atoms with van der Waals surface area (Å²) in [5.74, 6) is 0.585. The van der Waals surface area contributed by atoms with Crippen LogP contribution in [0.4, 0.5) is 0 Å². The summed E-state index contributed by atoms with van der Waals surface area (Å²) in [7, 11) is 0. The van der Waals surface area contributed by atoms with Gasteiger partial charge in [-0.05, 0) is 41.7 Å². The molecule has 0 spiro atoms. The maximum Gasteiger partial charge on any atom is 0.0476 e. The Balaban J connectivity index is 2.56. The minimum absolute atomic E-state index is 0.585. The highest BCUT2D eigenvalue weighted by molar-refractivity contribution is 6.17. The molecule has 0 aliphatic rings. The molecule has 2 rings (SSSR count). The molecule has 0 saturated carbocycles. The highest BCUT2D eigenvalue weighted by atomic mass is 35.5. The average molecular weight is 231 g/mol. The largest absolute Gasteiger partial charge is 0.122 e. The lowest BCUT2D eigenvalue weighted by atomic mass is 9.94. The summed E-state index contributed by atoms with van der Waals surface area (Å²) in [4.78, 5) is 0. The summed E-state index contributed by atoms with van der Waals surface area (Å²) in [5.41, 5.74) is 6.41. The average Bonchev–Trinajstić information content (AvgIpc) is 2.34. The van der Waals surface area contributed by atoms with Crippen LogP contribution in [0.5, 0.6) is 0 Å². The van der Waals surface area contributed by atoms with Gasteiger partial charge >= 0.3 is 0 Å². The van der Waals surface area contributed by atoms with Gasteiger partial charge in [0.05, 0.1) is 0 Å². The smallest absolute Gasteiger partial charge is 0.0476 e. The summed E-state index contributed by atoms with van der Waals surface area (Å²) in [6, 6.07) is 14.7. The lowest BCUT2D eigenvalue weighted by Crippen LogP contribution is -1.92. The van der Waals surface area contributed by atoms with Gasteiger partial charge in [0.25, 0.3) is 0 Å². The lowest BCUT2D eigenvalue weighted by Gasteiger charge is -2.12. The first-order valence-corrected chi connectivity index (χ1v) is 5.98. The first-order valence-electron chi connectivity index (χ1n) is 5.44. The normalized spacial score (nSPS) is 10.4. The summed E-state index contributed by atoms with van der Waals surface area (Å²) in [6.07, 6.45) is 0. The van der Waals surface area contributed by atoms with Crippen molar-refractivity contribution in [3.8, 4) is 11.1 Å². The van der Waals surface area contributed by atoms with E-state index >= 15 is 0 Å². The second-order valence-electron chi connectivity index (χ2n) is 4.02. The fourth-order valence-electron chi connectivity index (χ4n) is 1.95. The van der Waals surface area contributed by atoms with E-state index in [-0.39, 0.29) is 0 Å². The minimum Gasteiger partial charge on any atom is -0.122 e. The van der Waals surface area contributed by atoms with Crippen molar-refractivity contribution in [2.75, 3.05) is 0 Å². The van der Waals surface area contributed by atoms with Gasteiger partial charge < -0.3 is 0 Å². The molecule has 0 atom stereocenters. The summed E-state index contributed by atoms with van der Waals surface area (Å²) in [6.45, 7) is 4.30. The minimum atomic E-state index is 0.585. The van der Waals surface area contributed by atoms with Crippen LogP contribution in [0.25, 0.3) is 11.1 Å². The van der Waals surface area contributed by atoms with E-state index in [9.17, 15) is 0 Å². The quantitative estimate of drug-likeness (QED) is 0.656. The van der Waals surface area contributed by atoms with E-state index in [1.165, 1.54) is 27.8 Å². The van der Waals surface area contributed by atoms with Gasteiger partial charge in [-0.15, -0.1) is 11.6 Å². The van der Waals surface area contributed by atoms with Gasteiger partial charge in [-0.25, -0.2) is 0 Å². The highest BCUT2D eigenvalue weighted by Gasteiger charge is 2.06. The van der Waals surface area contributed by atoms with Gasteiger partial charge in [-0.1, -0.05) is 42.5 Å². The van der Waals surface area contributed by atoms with Gasteiger partial charge in [-0.2, -0.15) is 0 Å². The molecule has 16 heavy (non-hydrogen) atoms. The molecule has 0 N–H and O–H groups in total. The zero-order chi connectivity index (χ0) is 11.5. The molecule has 0 radical (unpaired) electrons. The Morgan fingerprint density at radius 1 is 0.875 bits per heavy atom. The first kappa shape index (κ1) is 11.2. The third-order valence-corrected chi connectivity index (χ3v) is 3.42. The number of rotatable bonds is 2. The molecule has 0 unspecified atom stereocenters. The summed E-state index contributed by atoms with van der Waals surface area (Å²) < 4.78 is 0. The van der Waals surface area contributed by atoms with Crippen LogP contribution in [-0.2, 0) is 5.88 Å². The van der Waals surface area contributed by atoms with Gasteiger partial charge in [-0.3, -0.25) is 0 Å². The maximum absolute atomic E-state index is 5.90. The Kier molecular flexibility index (Phi) is 3.31. The molecule has 0 aliphatic heterocycles. The van der Waals surface area contributed by atoms with Crippen LogP contribution in [0.2, 0.25) is 0 Å². The molecule has 82 valence electrons. The molecular formula is C15H15Cl. The van der Waals surface area contributed by atoms with Crippen molar-refractivity contribution in [2.45, 2.75) is 19.7 Å². The highest BCUT2D eigenvalue weighted by Crippen LogP contribution is 2.27. The number of benzene rings is 2. The molecule has 2 aromatic rings. The molecule has 1 heteroatoms. The third kappa shape index (κ3) is 1.98. The Labute approximate surface area is 102 Å². The molecule has 0 saturated heterocycles. The van der Waals surface area contributed by atoms with E-state index < -0.39 is 0 Å². The van der Waals surface area contributed by atoms with E-state index in [0.29, 0.717) is 5.88 Å². The summed E-state index contributed by atoms with van der Waals surface area (Å²) in [5, 5.41) is 0. The van der Waals surface area contributed by atoms with Crippen molar-refractivity contribution < 1.29 is 0 Å². The SMILES string of the molecule is Cc1c(CCl)ccc(-c2ccccc2)c1C. The number of hydrogen-bond acceptors (Lipinski definition) is 0. The van der Waals surface area contributed by atoms with Crippen molar-refractivity contribution in [1.82, 2.24) is 0 Å². The van der Waals surface area contributed by atoms with Gasteiger partial charge in [0.2, 0.25) is 0 Å². The van der Waals surface area contributed by atoms with Crippen molar-refractivity contribution in [2.24, 2.45) is 0 Å². The van der Waals surface area contributed by atoms with Crippen LogP contribution in [0.15, 0.2) is 42.5 Å². The van der Waals surface area contributed by atoms with E-state index in [0.717, 1.165) is 0 Å². The zero-order valence-electron chi connectivity index (χ0n) is 9.63. The first-order chi connectivity index (χ1) is 7.74. The predicted octanol–water partition coefficient (Wildman–Crippen LogP) is 4.71. The molecule has 2 aromatic carbocycles. The van der Waals surface area contributed by atoms with Crippen LogP contribution in [0.3, 0.4) is 0 Å². The van der Waals surface area contributed by atoms with Crippen LogP contribution in [-0.4, -0.2) is 0 Å². The van der Waals surface area contributed by atoms with Crippen molar-refractivity contribution in [3.05, 3.63) is 59.2 Å². The van der Waals surface area contributed by atoms with Gasteiger partial charge in [0.1, 0.15) is 0 Å². The van der Waals surface area contributed by atoms with Crippen molar-refractivity contribution in [1.29, 1.82) is 0 Å². The Hall–Kier alpha value is -1.27. The van der Waals surface area contributed by atoms with Crippen LogP contribution in [0, 0.1) is 13.8 Å². The second-order valence-corrected chi connectivity index (χ2v) is 4.29. The Bertz CT molecular complexity index is 486. The second kappa shape index (κ2) is 4.71.